The lowest BCUT2D eigenvalue weighted by molar-refractivity contribution is -0.143. The average Bonchev–Trinajstić information content (AvgIpc) is 3.44. The highest BCUT2D eigenvalue weighted by Gasteiger charge is 2.33. The molecule has 200 valence electrons. The van der Waals surface area contributed by atoms with Crippen molar-refractivity contribution in [2.24, 2.45) is 0 Å². The molecule has 1 N–H and O–H groups in total. The number of carbonyl (C=O) groups is 2. The van der Waals surface area contributed by atoms with Crippen LogP contribution >= 0.6 is 15.9 Å². The van der Waals surface area contributed by atoms with Crippen molar-refractivity contribution in [2.45, 2.75) is 64.1 Å². The van der Waals surface area contributed by atoms with E-state index in [1.54, 1.807) is 18.2 Å². The Morgan fingerprint density at radius 3 is 2.42 bits per heavy atom. The second-order valence-electron chi connectivity index (χ2n) is 9.72. The van der Waals surface area contributed by atoms with Gasteiger partial charge in [0.2, 0.25) is 5.91 Å². The maximum absolute atomic E-state index is 14.7. The summed E-state index contributed by atoms with van der Waals surface area (Å²) in [4.78, 5) is 28.9. The lowest BCUT2D eigenvalue weighted by Gasteiger charge is -2.32. The van der Waals surface area contributed by atoms with Gasteiger partial charge in [-0.1, -0.05) is 74.4 Å². The van der Waals surface area contributed by atoms with Crippen molar-refractivity contribution < 1.29 is 18.7 Å². The molecule has 7 heteroatoms. The first-order valence-corrected chi connectivity index (χ1v) is 14.0. The molecule has 38 heavy (non-hydrogen) atoms. The lowest BCUT2D eigenvalue weighted by atomic mass is 10.0. The van der Waals surface area contributed by atoms with Gasteiger partial charge in [0.25, 0.3) is 5.91 Å². The van der Waals surface area contributed by atoms with Crippen molar-refractivity contribution in [3.63, 3.8) is 0 Å². The summed E-state index contributed by atoms with van der Waals surface area (Å²) in [5, 5.41) is 3.16. The number of amides is 2. The minimum absolute atomic E-state index is 0.0413. The number of ether oxygens (including phenoxy) is 1. The number of carbonyl (C=O) groups excluding carboxylic acids is 2. The largest absolute Gasteiger partial charge is 0.483 e. The highest BCUT2D eigenvalue weighted by molar-refractivity contribution is 9.10. The molecule has 1 aliphatic rings. The SMILES string of the molecule is CCc1ccc(OCC(=O)N(Cc2ccccc2F)[C@H](Cc2ccccc2)C(=O)NC2CCCC2)c(Br)c1. The zero-order valence-corrected chi connectivity index (χ0v) is 23.3. The average molecular weight is 582 g/mol. The fourth-order valence-corrected chi connectivity index (χ4v) is 5.38. The third-order valence-corrected chi connectivity index (χ3v) is 7.65. The first kappa shape index (κ1) is 27.8. The quantitative estimate of drug-likeness (QED) is 0.292. The first-order valence-electron chi connectivity index (χ1n) is 13.2. The Morgan fingerprint density at radius 1 is 1.03 bits per heavy atom. The van der Waals surface area contributed by atoms with Crippen LogP contribution < -0.4 is 10.1 Å². The van der Waals surface area contributed by atoms with Gasteiger partial charge in [-0.2, -0.15) is 0 Å². The third-order valence-electron chi connectivity index (χ3n) is 7.03. The third kappa shape index (κ3) is 7.44. The van der Waals surface area contributed by atoms with Crippen molar-refractivity contribution in [1.29, 1.82) is 0 Å². The summed E-state index contributed by atoms with van der Waals surface area (Å²) in [6, 6.07) is 21.0. The molecule has 3 aromatic carbocycles. The summed E-state index contributed by atoms with van der Waals surface area (Å²) in [5.41, 5.74) is 2.41. The van der Waals surface area contributed by atoms with Crippen LogP contribution in [0.15, 0.2) is 77.3 Å². The Kier molecular flexibility index (Phi) is 9.93. The van der Waals surface area contributed by atoms with Crippen LogP contribution in [0.4, 0.5) is 4.39 Å². The second-order valence-corrected chi connectivity index (χ2v) is 10.6. The molecule has 1 atom stereocenters. The van der Waals surface area contributed by atoms with Gasteiger partial charge in [-0.25, -0.2) is 4.39 Å². The van der Waals surface area contributed by atoms with Gasteiger partial charge in [0, 0.05) is 24.6 Å². The normalized spacial score (nSPS) is 14.2. The minimum atomic E-state index is -0.820. The van der Waals surface area contributed by atoms with Crippen LogP contribution in [0.2, 0.25) is 0 Å². The molecule has 1 fully saturated rings. The van der Waals surface area contributed by atoms with E-state index in [0.29, 0.717) is 17.7 Å². The predicted molar refractivity (Wildman–Crippen MR) is 150 cm³/mol. The molecular formula is C31H34BrFN2O3. The number of rotatable bonds is 11. The Labute approximate surface area is 232 Å². The van der Waals surface area contributed by atoms with Crippen LogP contribution in [0, 0.1) is 5.82 Å². The monoisotopic (exact) mass is 580 g/mol. The van der Waals surface area contributed by atoms with E-state index < -0.39 is 11.9 Å². The molecule has 2 amide bonds. The standard InChI is InChI=1S/C31H34BrFN2O3/c1-2-22-16-17-29(26(32)18-22)38-21-30(36)35(20-24-12-6-9-15-27(24)33)28(19-23-10-4-3-5-11-23)31(37)34-25-13-7-8-14-25/h3-6,9-12,15-18,25,28H,2,7-8,13-14,19-21H2,1H3,(H,34,37)/t28-/m1/s1. The van der Waals surface area contributed by atoms with Gasteiger partial charge in [-0.3, -0.25) is 9.59 Å². The fraction of sp³-hybridized carbons (Fsp3) is 0.355. The van der Waals surface area contributed by atoms with Crippen molar-refractivity contribution in [2.75, 3.05) is 6.61 Å². The zero-order valence-electron chi connectivity index (χ0n) is 21.7. The van der Waals surface area contributed by atoms with Gasteiger partial charge >= 0.3 is 0 Å². The van der Waals surface area contributed by atoms with E-state index >= 15 is 0 Å². The Morgan fingerprint density at radius 2 is 1.74 bits per heavy atom. The topological polar surface area (TPSA) is 58.6 Å². The highest BCUT2D eigenvalue weighted by atomic mass is 79.9. The number of hydrogen-bond acceptors (Lipinski definition) is 3. The molecule has 4 rings (SSSR count). The molecule has 5 nitrogen and oxygen atoms in total. The molecule has 0 aromatic heterocycles. The van der Waals surface area contributed by atoms with Gasteiger partial charge in [0.1, 0.15) is 17.6 Å². The van der Waals surface area contributed by atoms with Crippen molar-refractivity contribution in [3.05, 3.63) is 99.8 Å². The molecule has 0 spiro atoms. The number of nitrogens with one attached hydrogen (secondary N) is 1. The van der Waals surface area contributed by atoms with Gasteiger partial charge in [-0.05, 0) is 64.5 Å². The number of halogens is 2. The van der Waals surface area contributed by atoms with E-state index in [1.165, 1.54) is 11.0 Å². The summed E-state index contributed by atoms with van der Waals surface area (Å²) < 4.78 is 21.4. The van der Waals surface area contributed by atoms with E-state index in [1.807, 2.05) is 48.5 Å². The summed E-state index contributed by atoms with van der Waals surface area (Å²) in [6.45, 7) is 1.75. The second kappa shape index (κ2) is 13.6. The number of aryl methyl sites for hydroxylation is 1. The van der Waals surface area contributed by atoms with Gasteiger partial charge in [0.05, 0.1) is 4.47 Å². The molecule has 0 bridgehead atoms. The fourth-order valence-electron chi connectivity index (χ4n) is 4.84. The van der Waals surface area contributed by atoms with Crippen LogP contribution in [0.5, 0.6) is 5.75 Å². The maximum atomic E-state index is 14.7. The predicted octanol–water partition coefficient (Wildman–Crippen LogP) is 6.23. The summed E-state index contributed by atoms with van der Waals surface area (Å²) >= 11 is 3.52. The summed E-state index contributed by atoms with van der Waals surface area (Å²) in [5.74, 6) is -0.490. The molecule has 3 aromatic rings. The highest BCUT2D eigenvalue weighted by Crippen LogP contribution is 2.27. The van der Waals surface area contributed by atoms with Crippen LogP contribution in [0.25, 0.3) is 0 Å². The van der Waals surface area contributed by atoms with Gasteiger partial charge < -0.3 is 15.0 Å². The van der Waals surface area contributed by atoms with Crippen molar-refractivity contribution >= 4 is 27.7 Å². The minimum Gasteiger partial charge on any atom is -0.483 e. The number of benzene rings is 3. The molecule has 1 saturated carbocycles. The molecule has 0 saturated heterocycles. The van der Waals surface area contributed by atoms with E-state index in [-0.39, 0.29) is 31.0 Å². The molecule has 1 aliphatic carbocycles. The van der Waals surface area contributed by atoms with Crippen molar-refractivity contribution in [3.8, 4) is 5.75 Å². The van der Waals surface area contributed by atoms with Gasteiger partial charge in [0.15, 0.2) is 6.61 Å². The summed E-state index contributed by atoms with van der Waals surface area (Å²) in [7, 11) is 0. The Balaban J connectivity index is 1.62. The molecule has 0 radical (unpaired) electrons. The van der Waals surface area contributed by atoms with E-state index in [2.05, 4.69) is 28.2 Å². The van der Waals surface area contributed by atoms with Crippen LogP contribution in [0.3, 0.4) is 0 Å². The molecule has 0 heterocycles. The van der Waals surface area contributed by atoms with Crippen LogP contribution in [0.1, 0.15) is 49.3 Å². The zero-order chi connectivity index (χ0) is 26.9. The molecule has 0 unspecified atom stereocenters. The van der Waals surface area contributed by atoms with E-state index in [0.717, 1.165) is 47.7 Å². The van der Waals surface area contributed by atoms with Crippen LogP contribution in [-0.4, -0.2) is 35.4 Å². The van der Waals surface area contributed by atoms with E-state index in [9.17, 15) is 14.0 Å². The smallest absolute Gasteiger partial charge is 0.261 e. The number of nitrogens with zero attached hydrogens (tertiary/aromatic N) is 1. The first-order chi connectivity index (χ1) is 18.4. The van der Waals surface area contributed by atoms with Crippen LogP contribution in [-0.2, 0) is 29.0 Å². The molecular weight excluding hydrogens is 547 g/mol. The summed E-state index contributed by atoms with van der Waals surface area (Å²) in [6.07, 6.45) is 5.20. The Hall–Kier alpha value is -3.19. The maximum Gasteiger partial charge on any atom is 0.261 e. The Bertz CT molecular complexity index is 1230. The molecule has 0 aliphatic heterocycles. The van der Waals surface area contributed by atoms with E-state index in [4.69, 9.17) is 4.74 Å². The number of hydrogen-bond donors (Lipinski definition) is 1. The van der Waals surface area contributed by atoms with Gasteiger partial charge in [-0.15, -0.1) is 0 Å². The lowest BCUT2D eigenvalue weighted by Crippen LogP contribution is -2.53. The van der Waals surface area contributed by atoms with Crippen molar-refractivity contribution in [1.82, 2.24) is 10.2 Å².